The van der Waals surface area contributed by atoms with E-state index < -0.39 is 11.9 Å². The van der Waals surface area contributed by atoms with Crippen molar-refractivity contribution in [3.8, 4) is 17.2 Å². The summed E-state index contributed by atoms with van der Waals surface area (Å²) in [4.78, 5) is 24.3. The van der Waals surface area contributed by atoms with Crippen molar-refractivity contribution < 1.29 is 28.5 Å². The number of hydrogen-bond donors (Lipinski definition) is 1. The second kappa shape index (κ2) is 9.27. The van der Waals surface area contributed by atoms with E-state index >= 15 is 0 Å². The molecule has 27 heavy (non-hydrogen) atoms. The van der Waals surface area contributed by atoms with Gasteiger partial charge in [-0.25, -0.2) is 4.79 Å². The molecular weight excluding hydrogens is 418 g/mol. The molecular formula is C19H20BrNO6. The summed E-state index contributed by atoms with van der Waals surface area (Å²) in [5.74, 6) is 0.220. The van der Waals surface area contributed by atoms with E-state index in [1.165, 1.54) is 33.5 Å². The van der Waals surface area contributed by atoms with Gasteiger partial charge in [-0.2, -0.15) is 0 Å². The highest BCUT2D eigenvalue weighted by molar-refractivity contribution is 9.10. The number of anilines is 1. The van der Waals surface area contributed by atoms with Crippen LogP contribution in [0.15, 0.2) is 34.8 Å². The second-order valence-electron chi connectivity index (χ2n) is 5.49. The van der Waals surface area contributed by atoms with Gasteiger partial charge in [0.1, 0.15) is 5.75 Å². The smallest absolute Gasteiger partial charge is 0.340 e. The molecule has 1 amide bonds. The van der Waals surface area contributed by atoms with Crippen molar-refractivity contribution in [1.29, 1.82) is 0 Å². The Hall–Kier alpha value is -2.74. The minimum atomic E-state index is -0.615. The number of hydrogen-bond acceptors (Lipinski definition) is 6. The SMILES string of the molecule is COC(=O)c1cc(OC)c(OC)cc1NC(=O)COc1ccc(Br)c(C)c1. The zero-order valence-corrected chi connectivity index (χ0v) is 17.0. The first kappa shape index (κ1) is 20.6. The lowest BCUT2D eigenvalue weighted by Crippen LogP contribution is -2.22. The van der Waals surface area contributed by atoms with Crippen LogP contribution < -0.4 is 19.5 Å². The van der Waals surface area contributed by atoms with E-state index in [0.717, 1.165) is 10.0 Å². The van der Waals surface area contributed by atoms with Crippen molar-refractivity contribution in [2.24, 2.45) is 0 Å². The molecule has 2 aromatic carbocycles. The Kier molecular flexibility index (Phi) is 7.06. The van der Waals surface area contributed by atoms with Gasteiger partial charge in [0.15, 0.2) is 18.1 Å². The van der Waals surface area contributed by atoms with Gasteiger partial charge in [-0.15, -0.1) is 0 Å². The number of ether oxygens (including phenoxy) is 4. The van der Waals surface area contributed by atoms with Crippen molar-refractivity contribution in [3.05, 3.63) is 45.9 Å². The number of nitrogens with one attached hydrogen (secondary N) is 1. The number of halogens is 1. The van der Waals surface area contributed by atoms with Crippen LogP contribution in [0.4, 0.5) is 5.69 Å². The standard InChI is InChI=1S/C19H20BrNO6/c1-11-7-12(5-6-14(11)20)27-10-18(22)21-15-9-17(25-3)16(24-2)8-13(15)19(23)26-4/h5-9H,10H2,1-4H3,(H,21,22). The van der Waals surface area contributed by atoms with Gasteiger partial charge in [0.25, 0.3) is 5.91 Å². The fraction of sp³-hybridized carbons (Fsp3) is 0.263. The Bertz CT molecular complexity index is 852. The Morgan fingerprint density at radius 2 is 1.70 bits per heavy atom. The largest absolute Gasteiger partial charge is 0.493 e. The number of aryl methyl sites for hydroxylation is 1. The Balaban J connectivity index is 2.17. The first-order chi connectivity index (χ1) is 12.9. The van der Waals surface area contributed by atoms with E-state index in [2.05, 4.69) is 21.2 Å². The van der Waals surface area contributed by atoms with E-state index in [-0.39, 0.29) is 17.9 Å². The third-order valence-corrected chi connectivity index (χ3v) is 4.59. The van der Waals surface area contributed by atoms with Crippen LogP contribution in [0.1, 0.15) is 15.9 Å². The van der Waals surface area contributed by atoms with Gasteiger partial charge in [-0.05, 0) is 30.7 Å². The number of carbonyl (C=O) groups excluding carboxylic acids is 2. The lowest BCUT2D eigenvalue weighted by molar-refractivity contribution is -0.118. The minimum absolute atomic E-state index is 0.142. The summed E-state index contributed by atoms with van der Waals surface area (Å²) in [6.45, 7) is 1.69. The van der Waals surface area contributed by atoms with Gasteiger partial charge in [0.05, 0.1) is 32.6 Å². The first-order valence-corrected chi connectivity index (χ1v) is 8.72. The summed E-state index contributed by atoms with van der Waals surface area (Å²) >= 11 is 3.41. The average molecular weight is 438 g/mol. The highest BCUT2D eigenvalue weighted by Crippen LogP contribution is 2.33. The number of benzene rings is 2. The van der Waals surface area contributed by atoms with Crippen LogP contribution in [0.3, 0.4) is 0 Å². The molecule has 0 saturated carbocycles. The molecule has 0 saturated heterocycles. The van der Waals surface area contributed by atoms with Gasteiger partial charge < -0.3 is 24.3 Å². The number of methoxy groups -OCH3 is 3. The molecule has 0 spiro atoms. The zero-order valence-electron chi connectivity index (χ0n) is 15.4. The van der Waals surface area contributed by atoms with E-state index in [0.29, 0.717) is 17.2 Å². The predicted octanol–water partition coefficient (Wildman–Crippen LogP) is 3.58. The van der Waals surface area contributed by atoms with Crippen LogP contribution in [0.5, 0.6) is 17.2 Å². The summed E-state index contributed by atoms with van der Waals surface area (Å²) in [5.41, 5.74) is 1.36. The predicted molar refractivity (Wildman–Crippen MR) is 104 cm³/mol. The lowest BCUT2D eigenvalue weighted by atomic mass is 10.1. The van der Waals surface area contributed by atoms with Crippen LogP contribution in [0.2, 0.25) is 0 Å². The number of rotatable bonds is 7. The third kappa shape index (κ3) is 5.13. The second-order valence-corrected chi connectivity index (χ2v) is 6.35. The Morgan fingerprint density at radius 3 is 2.30 bits per heavy atom. The quantitative estimate of drug-likeness (QED) is 0.666. The summed E-state index contributed by atoms with van der Waals surface area (Å²) in [6, 6.07) is 8.34. The lowest BCUT2D eigenvalue weighted by Gasteiger charge is -2.15. The molecule has 0 aliphatic heterocycles. The molecule has 0 heterocycles. The molecule has 0 aliphatic rings. The fourth-order valence-electron chi connectivity index (χ4n) is 2.30. The first-order valence-electron chi connectivity index (χ1n) is 7.92. The topological polar surface area (TPSA) is 83.1 Å². The molecule has 7 nitrogen and oxygen atoms in total. The summed E-state index contributed by atoms with van der Waals surface area (Å²) < 4.78 is 21.6. The van der Waals surface area contributed by atoms with Gasteiger partial charge in [-0.1, -0.05) is 15.9 Å². The number of esters is 1. The van der Waals surface area contributed by atoms with Crippen LogP contribution >= 0.6 is 15.9 Å². The van der Waals surface area contributed by atoms with Gasteiger partial charge in [0, 0.05) is 16.6 Å². The molecule has 2 rings (SSSR count). The fourth-order valence-corrected chi connectivity index (χ4v) is 2.55. The maximum Gasteiger partial charge on any atom is 0.340 e. The highest BCUT2D eigenvalue weighted by atomic mass is 79.9. The van der Waals surface area contributed by atoms with Crippen molar-refractivity contribution in [2.75, 3.05) is 33.3 Å². The van der Waals surface area contributed by atoms with Crippen molar-refractivity contribution in [3.63, 3.8) is 0 Å². The van der Waals surface area contributed by atoms with E-state index in [9.17, 15) is 9.59 Å². The maximum absolute atomic E-state index is 12.3. The molecule has 0 aromatic heterocycles. The summed E-state index contributed by atoms with van der Waals surface area (Å²) in [6.07, 6.45) is 0. The monoisotopic (exact) mass is 437 g/mol. The van der Waals surface area contributed by atoms with Gasteiger partial charge in [0.2, 0.25) is 0 Å². The average Bonchev–Trinajstić information content (AvgIpc) is 2.67. The molecule has 0 radical (unpaired) electrons. The Labute approximate surface area is 165 Å². The van der Waals surface area contributed by atoms with Crippen molar-refractivity contribution in [2.45, 2.75) is 6.92 Å². The Morgan fingerprint density at radius 1 is 1.04 bits per heavy atom. The molecule has 0 bridgehead atoms. The minimum Gasteiger partial charge on any atom is -0.493 e. The molecule has 2 aromatic rings. The molecule has 0 unspecified atom stereocenters. The van der Waals surface area contributed by atoms with E-state index in [1.54, 1.807) is 6.07 Å². The maximum atomic E-state index is 12.3. The highest BCUT2D eigenvalue weighted by Gasteiger charge is 2.19. The van der Waals surface area contributed by atoms with Crippen molar-refractivity contribution >= 4 is 33.5 Å². The molecule has 144 valence electrons. The molecule has 0 atom stereocenters. The van der Waals surface area contributed by atoms with Crippen molar-refractivity contribution in [1.82, 2.24) is 0 Å². The van der Waals surface area contributed by atoms with Gasteiger partial charge >= 0.3 is 5.97 Å². The number of amides is 1. The van der Waals surface area contributed by atoms with Crippen LogP contribution in [0, 0.1) is 6.92 Å². The molecule has 1 N–H and O–H groups in total. The van der Waals surface area contributed by atoms with E-state index in [4.69, 9.17) is 18.9 Å². The van der Waals surface area contributed by atoms with Gasteiger partial charge in [-0.3, -0.25) is 4.79 Å². The van der Waals surface area contributed by atoms with Crippen LogP contribution in [-0.2, 0) is 9.53 Å². The summed E-state index contributed by atoms with van der Waals surface area (Å²) in [5, 5.41) is 2.64. The molecule has 0 fully saturated rings. The van der Waals surface area contributed by atoms with Crippen LogP contribution in [0.25, 0.3) is 0 Å². The number of carbonyl (C=O) groups is 2. The van der Waals surface area contributed by atoms with E-state index in [1.807, 2.05) is 19.1 Å². The molecule has 0 aliphatic carbocycles. The summed E-state index contributed by atoms with van der Waals surface area (Å²) in [7, 11) is 4.16. The normalized spacial score (nSPS) is 10.1. The third-order valence-electron chi connectivity index (χ3n) is 3.70. The van der Waals surface area contributed by atoms with Crippen LogP contribution in [-0.4, -0.2) is 39.8 Å². The molecule has 8 heteroatoms. The zero-order chi connectivity index (χ0) is 20.0.